The van der Waals surface area contributed by atoms with E-state index in [4.69, 9.17) is 0 Å². The SMILES string of the molecule is CC1c2cccn2CCN1C(=O)c1ccc(N2CCc3ccccc3C2)cc1. The van der Waals surface area contributed by atoms with Crippen LogP contribution in [0.25, 0.3) is 0 Å². The van der Waals surface area contributed by atoms with Crippen molar-refractivity contribution in [2.45, 2.75) is 32.5 Å². The number of benzene rings is 2. The molecule has 0 saturated heterocycles. The predicted octanol–water partition coefficient (Wildman–Crippen LogP) is 4.27. The van der Waals surface area contributed by atoms with Crippen LogP contribution in [0, 0.1) is 0 Å². The van der Waals surface area contributed by atoms with Crippen molar-refractivity contribution < 1.29 is 4.79 Å². The summed E-state index contributed by atoms with van der Waals surface area (Å²) in [5.41, 5.74) is 6.02. The number of anilines is 1. The van der Waals surface area contributed by atoms with Crippen LogP contribution in [0.1, 0.15) is 40.1 Å². The lowest BCUT2D eigenvalue weighted by atomic mass is 9.99. The van der Waals surface area contributed by atoms with Crippen LogP contribution >= 0.6 is 0 Å². The Kier molecular flexibility index (Phi) is 4.19. The van der Waals surface area contributed by atoms with Crippen LogP contribution in [0.2, 0.25) is 0 Å². The molecule has 4 nitrogen and oxygen atoms in total. The van der Waals surface area contributed by atoms with Gasteiger partial charge in [0, 0.05) is 49.3 Å². The molecule has 1 aromatic heterocycles. The first-order valence-corrected chi connectivity index (χ1v) is 10.1. The second-order valence-corrected chi connectivity index (χ2v) is 7.79. The van der Waals surface area contributed by atoms with Gasteiger partial charge in [-0.2, -0.15) is 0 Å². The topological polar surface area (TPSA) is 28.5 Å². The molecule has 0 fully saturated rings. The van der Waals surface area contributed by atoms with Crippen LogP contribution in [0.3, 0.4) is 0 Å². The monoisotopic (exact) mass is 371 g/mol. The van der Waals surface area contributed by atoms with Crippen molar-refractivity contribution in [3.8, 4) is 0 Å². The van der Waals surface area contributed by atoms with E-state index < -0.39 is 0 Å². The average molecular weight is 371 g/mol. The number of aromatic nitrogens is 1. The molecule has 0 radical (unpaired) electrons. The normalized spacial score (nSPS) is 18.5. The van der Waals surface area contributed by atoms with Crippen molar-refractivity contribution in [3.63, 3.8) is 0 Å². The van der Waals surface area contributed by atoms with Crippen LogP contribution in [0.4, 0.5) is 5.69 Å². The smallest absolute Gasteiger partial charge is 0.254 e. The molecule has 3 aromatic rings. The van der Waals surface area contributed by atoms with Gasteiger partial charge in [-0.1, -0.05) is 24.3 Å². The summed E-state index contributed by atoms with van der Waals surface area (Å²) >= 11 is 0. The van der Waals surface area contributed by atoms with Crippen LogP contribution in [0.15, 0.2) is 66.9 Å². The average Bonchev–Trinajstić information content (AvgIpc) is 3.23. The molecule has 1 atom stereocenters. The van der Waals surface area contributed by atoms with Crippen molar-refractivity contribution in [1.82, 2.24) is 9.47 Å². The quantitative estimate of drug-likeness (QED) is 0.673. The molecule has 0 spiro atoms. The molecule has 142 valence electrons. The highest BCUT2D eigenvalue weighted by Gasteiger charge is 2.28. The number of hydrogen-bond acceptors (Lipinski definition) is 2. The fourth-order valence-electron chi connectivity index (χ4n) is 4.55. The van der Waals surface area contributed by atoms with E-state index in [1.54, 1.807) is 0 Å². The molecule has 28 heavy (non-hydrogen) atoms. The van der Waals surface area contributed by atoms with Crippen molar-refractivity contribution in [3.05, 3.63) is 89.2 Å². The Balaban J connectivity index is 1.32. The summed E-state index contributed by atoms with van der Waals surface area (Å²) < 4.78 is 2.24. The minimum atomic E-state index is 0.106. The fourth-order valence-corrected chi connectivity index (χ4v) is 4.55. The zero-order valence-corrected chi connectivity index (χ0v) is 16.2. The molecule has 1 amide bonds. The van der Waals surface area contributed by atoms with Gasteiger partial charge < -0.3 is 14.4 Å². The number of carbonyl (C=O) groups excluding carboxylic acids is 1. The standard InChI is InChI=1S/C24H25N3O/c1-18-23-7-4-13-25(23)15-16-27(18)24(28)20-8-10-22(11-9-20)26-14-12-19-5-2-3-6-21(19)17-26/h2-11,13,18H,12,14-17H2,1H3. The van der Waals surface area contributed by atoms with E-state index >= 15 is 0 Å². The van der Waals surface area contributed by atoms with Crippen LogP contribution in [-0.2, 0) is 19.5 Å². The number of fused-ring (bicyclic) bond motifs is 2. The lowest BCUT2D eigenvalue weighted by molar-refractivity contribution is 0.0644. The van der Waals surface area contributed by atoms with E-state index in [0.29, 0.717) is 0 Å². The Bertz CT molecular complexity index is 1000. The molecule has 2 aromatic carbocycles. The molecule has 2 aliphatic heterocycles. The molecule has 0 saturated carbocycles. The van der Waals surface area contributed by atoms with Crippen LogP contribution in [0.5, 0.6) is 0 Å². The third-order valence-corrected chi connectivity index (χ3v) is 6.21. The largest absolute Gasteiger partial charge is 0.367 e. The number of nitrogens with zero attached hydrogens (tertiary/aromatic N) is 3. The zero-order chi connectivity index (χ0) is 19.1. The van der Waals surface area contributed by atoms with Gasteiger partial charge in [0.05, 0.1) is 6.04 Å². The van der Waals surface area contributed by atoms with Gasteiger partial charge in [-0.3, -0.25) is 4.79 Å². The van der Waals surface area contributed by atoms with Crippen molar-refractivity contribution >= 4 is 11.6 Å². The zero-order valence-electron chi connectivity index (χ0n) is 16.2. The van der Waals surface area contributed by atoms with Gasteiger partial charge in [0.15, 0.2) is 0 Å². The molecular weight excluding hydrogens is 346 g/mol. The van der Waals surface area contributed by atoms with Crippen molar-refractivity contribution in [1.29, 1.82) is 0 Å². The van der Waals surface area contributed by atoms with Gasteiger partial charge in [0.25, 0.3) is 5.91 Å². The molecule has 0 N–H and O–H groups in total. The van der Waals surface area contributed by atoms with Crippen LogP contribution in [-0.4, -0.2) is 28.5 Å². The summed E-state index contributed by atoms with van der Waals surface area (Å²) in [6.07, 6.45) is 3.17. The van der Waals surface area contributed by atoms with Crippen LogP contribution < -0.4 is 4.90 Å². The first-order chi connectivity index (χ1) is 13.7. The Morgan fingerprint density at radius 1 is 0.893 bits per heavy atom. The van der Waals surface area contributed by atoms with Gasteiger partial charge in [0.1, 0.15) is 0 Å². The lowest BCUT2D eigenvalue weighted by Gasteiger charge is -2.35. The van der Waals surface area contributed by atoms with E-state index in [9.17, 15) is 4.79 Å². The summed E-state index contributed by atoms with van der Waals surface area (Å²) in [5.74, 6) is 0.121. The summed E-state index contributed by atoms with van der Waals surface area (Å²) in [7, 11) is 0. The molecule has 4 heteroatoms. The van der Waals surface area contributed by atoms with E-state index in [0.717, 1.165) is 38.2 Å². The highest BCUT2D eigenvalue weighted by atomic mass is 16.2. The maximum absolute atomic E-state index is 13.1. The van der Waals surface area contributed by atoms with E-state index in [2.05, 4.69) is 71.1 Å². The Morgan fingerprint density at radius 2 is 1.68 bits per heavy atom. The fraction of sp³-hybridized carbons (Fsp3) is 0.292. The van der Waals surface area contributed by atoms with E-state index in [1.165, 1.54) is 22.5 Å². The number of hydrogen-bond donors (Lipinski definition) is 0. The third-order valence-electron chi connectivity index (χ3n) is 6.21. The predicted molar refractivity (Wildman–Crippen MR) is 112 cm³/mol. The molecule has 0 aliphatic carbocycles. The molecule has 3 heterocycles. The molecule has 0 bridgehead atoms. The molecule has 1 unspecified atom stereocenters. The van der Waals surface area contributed by atoms with Crippen molar-refractivity contribution in [2.75, 3.05) is 18.0 Å². The number of rotatable bonds is 2. The van der Waals surface area contributed by atoms with E-state index in [-0.39, 0.29) is 11.9 Å². The van der Waals surface area contributed by atoms with Gasteiger partial charge in [-0.25, -0.2) is 0 Å². The van der Waals surface area contributed by atoms with Gasteiger partial charge in [-0.15, -0.1) is 0 Å². The second kappa shape index (κ2) is 6.86. The minimum absolute atomic E-state index is 0.106. The van der Waals surface area contributed by atoms with Gasteiger partial charge in [0.2, 0.25) is 0 Å². The maximum Gasteiger partial charge on any atom is 0.254 e. The third kappa shape index (κ3) is 2.89. The number of amides is 1. The summed E-state index contributed by atoms with van der Waals surface area (Å²) in [5, 5.41) is 0. The lowest BCUT2D eigenvalue weighted by Crippen LogP contribution is -2.40. The Hall–Kier alpha value is -3.01. The van der Waals surface area contributed by atoms with E-state index in [1.807, 2.05) is 17.0 Å². The summed E-state index contributed by atoms with van der Waals surface area (Å²) in [6.45, 7) is 5.69. The molecule has 2 aliphatic rings. The Labute approximate surface area is 166 Å². The highest BCUT2D eigenvalue weighted by molar-refractivity contribution is 5.95. The number of carbonyl (C=O) groups is 1. The van der Waals surface area contributed by atoms with Crippen molar-refractivity contribution in [2.24, 2.45) is 0 Å². The Morgan fingerprint density at radius 3 is 2.50 bits per heavy atom. The highest BCUT2D eigenvalue weighted by Crippen LogP contribution is 2.28. The molecule has 5 rings (SSSR count). The summed E-state index contributed by atoms with van der Waals surface area (Å²) in [4.78, 5) is 17.5. The maximum atomic E-state index is 13.1. The minimum Gasteiger partial charge on any atom is -0.367 e. The summed E-state index contributed by atoms with van der Waals surface area (Å²) in [6, 6.07) is 21.1. The first-order valence-electron chi connectivity index (χ1n) is 10.1. The molecular formula is C24H25N3O. The van der Waals surface area contributed by atoms with Gasteiger partial charge >= 0.3 is 0 Å². The second-order valence-electron chi connectivity index (χ2n) is 7.79. The van der Waals surface area contributed by atoms with Gasteiger partial charge in [-0.05, 0) is 60.9 Å². The first kappa shape index (κ1) is 17.1.